The standard InChI is InChI=1S/C21H26ClN3O/c22-20-8-4-7-19(15-20)16-23-21(26)17-25-13-11-24(12-14-25)10-9-18-5-2-1-3-6-18/h1-8,15H,9-14,16-17H2,(H,23,26). The van der Waals surface area contributed by atoms with Crippen LogP contribution in [0.25, 0.3) is 0 Å². The van der Waals surface area contributed by atoms with Crippen molar-refractivity contribution in [1.29, 1.82) is 0 Å². The Morgan fingerprint density at radius 2 is 1.62 bits per heavy atom. The van der Waals surface area contributed by atoms with E-state index in [9.17, 15) is 4.79 Å². The first-order chi connectivity index (χ1) is 12.7. The maximum atomic E-state index is 12.2. The highest BCUT2D eigenvalue weighted by Crippen LogP contribution is 2.10. The quantitative estimate of drug-likeness (QED) is 0.813. The molecule has 5 heteroatoms. The Balaban J connectivity index is 1.33. The molecule has 0 bridgehead atoms. The number of hydrogen-bond acceptors (Lipinski definition) is 3. The molecule has 2 aromatic carbocycles. The summed E-state index contributed by atoms with van der Waals surface area (Å²) in [7, 11) is 0. The minimum absolute atomic E-state index is 0.0720. The van der Waals surface area contributed by atoms with Crippen molar-refractivity contribution in [3.63, 3.8) is 0 Å². The number of rotatable bonds is 7. The van der Waals surface area contributed by atoms with E-state index in [0.717, 1.165) is 44.7 Å². The van der Waals surface area contributed by atoms with Gasteiger partial charge in [-0.25, -0.2) is 0 Å². The predicted octanol–water partition coefficient (Wildman–Crippen LogP) is 2.82. The molecule has 1 N–H and O–H groups in total. The Bertz CT molecular complexity index is 699. The van der Waals surface area contributed by atoms with Gasteiger partial charge in [-0.15, -0.1) is 0 Å². The van der Waals surface area contributed by atoms with Crippen LogP contribution in [0.1, 0.15) is 11.1 Å². The largest absolute Gasteiger partial charge is 0.351 e. The lowest BCUT2D eigenvalue weighted by atomic mass is 10.1. The normalized spacial score (nSPS) is 15.7. The van der Waals surface area contributed by atoms with Gasteiger partial charge in [0.25, 0.3) is 0 Å². The maximum absolute atomic E-state index is 12.2. The third-order valence-electron chi connectivity index (χ3n) is 4.77. The number of benzene rings is 2. The summed E-state index contributed by atoms with van der Waals surface area (Å²) in [6.45, 7) is 6.00. The molecule has 2 aromatic rings. The van der Waals surface area contributed by atoms with Crippen LogP contribution in [0.4, 0.5) is 0 Å². The molecule has 4 nitrogen and oxygen atoms in total. The Labute approximate surface area is 160 Å². The summed E-state index contributed by atoms with van der Waals surface area (Å²) in [5, 5.41) is 3.68. The van der Waals surface area contributed by atoms with E-state index >= 15 is 0 Å². The highest BCUT2D eigenvalue weighted by molar-refractivity contribution is 6.30. The monoisotopic (exact) mass is 371 g/mol. The van der Waals surface area contributed by atoms with E-state index in [-0.39, 0.29) is 5.91 Å². The molecule has 0 aromatic heterocycles. The maximum Gasteiger partial charge on any atom is 0.234 e. The molecular formula is C21H26ClN3O. The highest BCUT2D eigenvalue weighted by atomic mass is 35.5. The fraction of sp³-hybridized carbons (Fsp3) is 0.381. The zero-order chi connectivity index (χ0) is 18.2. The van der Waals surface area contributed by atoms with Crippen LogP contribution in [-0.4, -0.2) is 55.0 Å². The molecule has 1 saturated heterocycles. The van der Waals surface area contributed by atoms with Crippen molar-refractivity contribution in [2.45, 2.75) is 13.0 Å². The van der Waals surface area contributed by atoms with Crippen molar-refractivity contribution in [2.75, 3.05) is 39.3 Å². The van der Waals surface area contributed by atoms with E-state index in [0.29, 0.717) is 18.1 Å². The smallest absolute Gasteiger partial charge is 0.234 e. The number of piperazine rings is 1. The van der Waals surface area contributed by atoms with Crippen molar-refractivity contribution in [3.05, 3.63) is 70.7 Å². The van der Waals surface area contributed by atoms with Gasteiger partial charge in [-0.3, -0.25) is 9.69 Å². The molecule has 0 spiro atoms. The molecule has 0 aliphatic carbocycles. The third-order valence-corrected chi connectivity index (χ3v) is 5.01. The van der Waals surface area contributed by atoms with Crippen molar-refractivity contribution in [2.24, 2.45) is 0 Å². The van der Waals surface area contributed by atoms with Crippen molar-refractivity contribution in [3.8, 4) is 0 Å². The van der Waals surface area contributed by atoms with Gasteiger partial charge in [-0.05, 0) is 29.7 Å². The SMILES string of the molecule is O=C(CN1CCN(CCc2ccccc2)CC1)NCc1cccc(Cl)c1. The van der Waals surface area contributed by atoms with Crippen LogP contribution in [0.15, 0.2) is 54.6 Å². The topological polar surface area (TPSA) is 35.6 Å². The lowest BCUT2D eigenvalue weighted by Crippen LogP contribution is -2.49. The van der Waals surface area contributed by atoms with Gasteiger partial charge < -0.3 is 10.2 Å². The summed E-state index contributed by atoms with van der Waals surface area (Å²) in [6, 6.07) is 18.2. The van der Waals surface area contributed by atoms with Crippen molar-refractivity contribution >= 4 is 17.5 Å². The Morgan fingerprint density at radius 1 is 0.923 bits per heavy atom. The second-order valence-electron chi connectivity index (χ2n) is 6.76. The fourth-order valence-corrected chi connectivity index (χ4v) is 3.42. The average molecular weight is 372 g/mol. The Morgan fingerprint density at radius 3 is 2.35 bits per heavy atom. The first-order valence-electron chi connectivity index (χ1n) is 9.19. The summed E-state index contributed by atoms with van der Waals surface area (Å²) in [5.41, 5.74) is 2.41. The number of nitrogens with one attached hydrogen (secondary N) is 1. The molecule has 1 aliphatic rings. The third kappa shape index (κ3) is 6.13. The van der Waals surface area contributed by atoms with Gasteiger partial charge in [0.1, 0.15) is 0 Å². The Hall–Kier alpha value is -1.88. The molecule has 1 aliphatic heterocycles. The lowest BCUT2D eigenvalue weighted by molar-refractivity contribution is -0.122. The van der Waals surface area contributed by atoms with Crippen LogP contribution >= 0.6 is 11.6 Å². The van der Waals surface area contributed by atoms with Gasteiger partial charge in [-0.2, -0.15) is 0 Å². The molecule has 1 heterocycles. The molecule has 0 saturated carbocycles. The van der Waals surface area contributed by atoms with E-state index in [1.54, 1.807) is 0 Å². The van der Waals surface area contributed by atoms with Crippen molar-refractivity contribution in [1.82, 2.24) is 15.1 Å². The number of carbonyl (C=O) groups is 1. The summed E-state index contributed by atoms with van der Waals surface area (Å²) >= 11 is 5.97. The summed E-state index contributed by atoms with van der Waals surface area (Å²) in [5.74, 6) is 0.0720. The fourth-order valence-electron chi connectivity index (χ4n) is 3.21. The van der Waals surface area contributed by atoms with Gasteiger partial charge >= 0.3 is 0 Å². The van der Waals surface area contributed by atoms with Crippen LogP contribution in [0.5, 0.6) is 0 Å². The molecule has 0 atom stereocenters. The number of halogens is 1. The van der Waals surface area contributed by atoms with E-state index in [4.69, 9.17) is 11.6 Å². The zero-order valence-electron chi connectivity index (χ0n) is 15.0. The summed E-state index contributed by atoms with van der Waals surface area (Å²) in [6.07, 6.45) is 1.08. The molecule has 138 valence electrons. The minimum atomic E-state index is 0.0720. The van der Waals surface area contributed by atoms with Gasteiger partial charge in [-0.1, -0.05) is 54.1 Å². The van der Waals surface area contributed by atoms with Crippen molar-refractivity contribution < 1.29 is 4.79 Å². The summed E-state index contributed by atoms with van der Waals surface area (Å²) in [4.78, 5) is 16.9. The first-order valence-corrected chi connectivity index (χ1v) is 9.56. The number of hydrogen-bond donors (Lipinski definition) is 1. The first kappa shape index (κ1) is 18.9. The van der Waals surface area contributed by atoms with E-state index < -0.39 is 0 Å². The van der Waals surface area contributed by atoms with Crippen LogP contribution in [0.2, 0.25) is 5.02 Å². The summed E-state index contributed by atoms with van der Waals surface area (Å²) < 4.78 is 0. The van der Waals surface area contributed by atoms with E-state index in [1.807, 2.05) is 24.3 Å². The lowest BCUT2D eigenvalue weighted by Gasteiger charge is -2.34. The van der Waals surface area contributed by atoms with Gasteiger partial charge in [0.15, 0.2) is 0 Å². The molecule has 3 rings (SSSR count). The minimum Gasteiger partial charge on any atom is -0.351 e. The molecular weight excluding hydrogens is 346 g/mol. The highest BCUT2D eigenvalue weighted by Gasteiger charge is 2.18. The van der Waals surface area contributed by atoms with E-state index in [2.05, 4.69) is 45.4 Å². The Kier molecular flexibility index (Phi) is 7.06. The van der Waals surface area contributed by atoms with Crippen LogP contribution in [0, 0.1) is 0 Å². The number of carbonyl (C=O) groups excluding carboxylic acids is 1. The molecule has 26 heavy (non-hydrogen) atoms. The van der Waals surface area contributed by atoms with E-state index in [1.165, 1.54) is 5.56 Å². The molecule has 1 amide bonds. The second kappa shape index (κ2) is 9.72. The zero-order valence-corrected chi connectivity index (χ0v) is 15.8. The van der Waals surface area contributed by atoms with Crippen LogP contribution in [0.3, 0.4) is 0 Å². The van der Waals surface area contributed by atoms with Gasteiger partial charge in [0.2, 0.25) is 5.91 Å². The second-order valence-corrected chi connectivity index (χ2v) is 7.20. The van der Waals surface area contributed by atoms with Gasteiger partial charge in [0.05, 0.1) is 6.54 Å². The van der Waals surface area contributed by atoms with Crippen LogP contribution < -0.4 is 5.32 Å². The predicted molar refractivity (Wildman–Crippen MR) is 106 cm³/mol. The molecule has 1 fully saturated rings. The molecule has 0 radical (unpaired) electrons. The van der Waals surface area contributed by atoms with Gasteiger partial charge in [0, 0.05) is 44.3 Å². The van der Waals surface area contributed by atoms with Crippen LogP contribution in [-0.2, 0) is 17.8 Å². The average Bonchev–Trinajstić information content (AvgIpc) is 2.67. The number of amides is 1. The molecule has 0 unspecified atom stereocenters. The number of nitrogens with zero attached hydrogens (tertiary/aromatic N) is 2.